The molecule has 3 rings (SSSR count). The van der Waals surface area contributed by atoms with E-state index in [0.717, 1.165) is 24.3 Å². The highest BCUT2D eigenvalue weighted by Gasteiger charge is 2.61. The summed E-state index contributed by atoms with van der Waals surface area (Å²) in [5, 5.41) is 0. The first-order chi connectivity index (χ1) is 8.22. The van der Waals surface area contributed by atoms with Crippen molar-refractivity contribution in [3.63, 3.8) is 0 Å². The molecule has 1 aliphatic carbocycles. The molecule has 2 fully saturated rings. The standard InChI is InChI=1S/C14H16O2S/c1-14(17-10-6-3-2-4-7-10)12(15)11-8-5-9-16-13(11)14/h2-4,6-7,11,13H,5,8-9H2,1H3/t11-,13-,14-/m0/s1. The third-order valence-corrected chi connectivity index (χ3v) is 5.13. The number of carbonyl (C=O) groups is 1. The molecule has 1 saturated carbocycles. The Labute approximate surface area is 106 Å². The lowest BCUT2D eigenvalue weighted by Crippen LogP contribution is -2.66. The molecule has 2 nitrogen and oxygen atoms in total. The van der Waals surface area contributed by atoms with Gasteiger partial charge in [-0.15, -0.1) is 11.8 Å². The van der Waals surface area contributed by atoms with Crippen LogP contribution < -0.4 is 0 Å². The first kappa shape index (κ1) is 11.3. The smallest absolute Gasteiger partial charge is 0.157 e. The number of hydrogen-bond acceptors (Lipinski definition) is 3. The molecule has 90 valence electrons. The largest absolute Gasteiger partial charge is 0.376 e. The van der Waals surface area contributed by atoms with Crippen LogP contribution in [-0.2, 0) is 9.53 Å². The summed E-state index contributed by atoms with van der Waals surface area (Å²) in [6.07, 6.45) is 2.15. The Bertz CT molecular complexity index is 431. The molecule has 0 amide bonds. The van der Waals surface area contributed by atoms with Crippen LogP contribution in [0.3, 0.4) is 0 Å². The van der Waals surface area contributed by atoms with Gasteiger partial charge in [-0.05, 0) is 31.9 Å². The van der Waals surface area contributed by atoms with Crippen LogP contribution in [0.4, 0.5) is 0 Å². The summed E-state index contributed by atoms with van der Waals surface area (Å²) >= 11 is 1.65. The van der Waals surface area contributed by atoms with Crippen LogP contribution in [0.15, 0.2) is 35.2 Å². The van der Waals surface area contributed by atoms with E-state index < -0.39 is 0 Å². The van der Waals surface area contributed by atoms with Gasteiger partial charge in [0.2, 0.25) is 0 Å². The number of benzene rings is 1. The van der Waals surface area contributed by atoms with Crippen molar-refractivity contribution in [2.75, 3.05) is 6.61 Å². The topological polar surface area (TPSA) is 26.3 Å². The molecule has 1 aromatic carbocycles. The Morgan fingerprint density at radius 1 is 1.35 bits per heavy atom. The summed E-state index contributed by atoms with van der Waals surface area (Å²) in [4.78, 5) is 13.4. The van der Waals surface area contributed by atoms with Gasteiger partial charge < -0.3 is 4.74 Å². The molecule has 0 bridgehead atoms. The van der Waals surface area contributed by atoms with Gasteiger partial charge in [-0.1, -0.05) is 18.2 Å². The highest BCUT2D eigenvalue weighted by molar-refractivity contribution is 8.01. The molecule has 1 saturated heterocycles. The van der Waals surface area contributed by atoms with Crippen LogP contribution in [0, 0.1) is 5.92 Å². The van der Waals surface area contributed by atoms with Gasteiger partial charge in [-0.25, -0.2) is 0 Å². The van der Waals surface area contributed by atoms with E-state index in [0.29, 0.717) is 5.78 Å². The molecule has 1 aromatic rings. The van der Waals surface area contributed by atoms with E-state index in [9.17, 15) is 4.79 Å². The van der Waals surface area contributed by atoms with Crippen molar-refractivity contribution < 1.29 is 9.53 Å². The Kier molecular flexibility index (Phi) is 2.75. The maximum atomic E-state index is 12.2. The normalized spacial score (nSPS) is 36.2. The number of ether oxygens (including phenoxy) is 1. The van der Waals surface area contributed by atoms with Crippen LogP contribution in [0.2, 0.25) is 0 Å². The maximum absolute atomic E-state index is 12.2. The van der Waals surface area contributed by atoms with Gasteiger partial charge in [0.1, 0.15) is 4.75 Å². The van der Waals surface area contributed by atoms with E-state index in [-0.39, 0.29) is 16.8 Å². The molecule has 0 N–H and O–H groups in total. The minimum Gasteiger partial charge on any atom is -0.376 e. The van der Waals surface area contributed by atoms with E-state index >= 15 is 0 Å². The van der Waals surface area contributed by atoms with Crippen LogP contribution in [0.25, 0.3) is 0 Å². The molecule has 0 radical (unpaired) electrons. The lowest BCUT2D eigenvalue weighted by atomic mass is 9.67. The molecule has 3 heteroatoms. The summed E-state index contributed by atoms with van der Waals surface area (Å²) in [5.41, 5.74) is 0. The molecule has 17 heavy (non-hydrogen) atoms. The van der Waals surface area contributed by atoms with E-state index in [2.05, 4.69) is 12.1 Å². The van der Waals surface area contributed by atoms with Crippen LogP contribution in [-0.4, -0.2) is 23.2 Å². The second-order valence-corrected chi connectivity index (χ2v) is 6.45. The maximum Gasteiger partial charge on any atom is 0.157 e. The highest BCUT2D eigenvalue weighted by atomic mass is 32.2. The number of hydrogen-bond donors (Lipinski definition) is 0. The molecular weight excluding hydrogens is 232 g/mol. The Morgan fingerprint density at radius 2 is 2.12 bits per heavy atom. The molecule has 0 unspecified atom stereocenters. The summed E-state index contributed by atoms with van der Waals surface area (Å²) < 4.78 is 5.42. The predicted octanol–water partition coefficient (Wildman–Crippen LogP) is 2.92. The van der Waals surface area contributed by atoms with Crippen LogP contribution in [0.1, 0.15) is 19.8 Å². The molecule has 1 aliphatic heterocycles. The predicted molar refractivity (Wildman–Crippen MR) is 68.2 cm³/mol. The number of thioether (sulfide) groups is 1. The monoisotopic (exact) mass is 248 g/mol. The fraction of sp³-hybridized carbons (Fsp3) is 0.500. The fourth-order valence-corrected chi connectivity index (χ4v) is 4.23. The second kappa shape index (κ2) is 4.14. The number of carbonyl (C=O) groups excluding carboxylic acids is 1. The zero-order chi connectivity index (χ0) is 11.9. The number of Topliss-reactive ketones (excluding diaryl/α,β-unsaturated/α-hetero) is 1. The van der Waals surface area contributed by atoms with Gasteiger partial charge in [0.25, 0.3) is 0 Å². The van der Waals surface area contributed by atoms with Crippen molar-refractivity contribution in [1.82, 2.24) is 0 Å². The summed E-state index contributed by atoms with van der Waals surface area (Å²) in [7, 11) is 0. The molecule has 2 aliphatic rings. The summed E-state index contributed by atoms with van der Waals surface area (Å²) in [5.74, 6) is 0.529. The quantitative estimate of drug-likeness (QED) is 0.805. The first-order valence-electron chi connectivity index (χ1n) is 6.12. The van der Waals surface area contributed by atoms with E-state index in [1.807, 2.05) is 25.1 Å². The molecule has 1 heterocycles. The van der Waals surface area contributed by atoms with Crippen molar-refractivity contribution in [2.24, 2.45) is 5.92 Å². The minimum absolute atomic E-state index is 0.119. The average Bonchev–Trinajstić information content (AvgIpc) is 2.39. The number of ketones is 1. The minimum atomic E-state index is -0.369. The molecule has 0 spiro atoms. The van der Waals surface area contributed by atoms with Crippen molar-refractivity contribution in [3.05, 3.63) is 30.3 Å². The first-order valence-corrected chi connectivity index (χ1v) is 6.93. The van der Waals surface area contributed by atoms with E-state index in [1.165, 1.54) is 0 Å². The van der Waals surface area contributed by atoms with Gasteiger partial charge >= 0.3 is 0 Å². The Balaban J connectivity index is 1.80. The number of fused-ring (bicyclic) bond motifs is 1. The van der Waals surface area contributed by atoms with E-state index in [1.54, 1.807) is 11.8 Å². The zero-order valence-electron chi connectivity index (χ0n) is 9.89. The van der Waals surface area contributed by atoms with Gasteiger partial charge in [0, 0.05) is 17.4 Å². The third-order valence-electron chi connectivity index (χ3n) is 3.76. The number of rotatable bonds is 2. The van der Waals surface area contributed by atoms with Gasteiger partial charge in [0.15, 0.2) is 5.78 Å². The Morgan fingerprint density at radius 3 is 2.88 bits per heavy atom. The van der Waals surface area contributed by atoms with Crippen LogP contribution >= 0.6 is 11.8 Å². The van der Waals surface area contributed by atoms with E-state index in [4.69, 9.17) is 4.74 Å². The Hall–Kier alpha value is -0.800. The summed E-state index contributed by atoms with van der Waals surface area (Å²) in [6.45, 7) is 2.83. The third kappa shape index (κ3) is 1.72. The molecule has 0 aromatic heterocycles. The molecule has 3 atom stereocenters. The van der Waals surface area contributed by atoms with Gasteiger partial charge in [-0.2, -0.15) is 0 Å². The van der Waals surface area contributed by atoms with Crippen molar-refractivity contribution in [3.8, 4) is 0 Å². The average molecular weight is 248 g/mol. The van der Waals surface area contributed by atoms with Crippen LogP contribution in [0.5, 0.6) is 0 Å². The fourth-order valence-electron chi connectivity index (χ4n) is 2.85. The second-order valence-electron chi connectivity index (χ2n) is 4.93. The van der Waals surface area contributed by atoms with Gasteiger partial charge in [0.05, 0.1) is 6.10 Å². The SMILES string of the molecule is C[C@]1(Sc2ccccc2)C(=O)[C@@H]2CCCO[C@@H]21. The summed E-state index contributed by atoms with van der Waals surface area (Å²) in [6, 6.07) is 10.1. The highest BCUT2D eigenvalue weighted by Crippen LogP contribution is 2.52. The van der Waals surface area contributed by atoms with Crippen molar-refractivity contribution >= 4 is 17.5 Å². The molecular formula is C14H16O2S. The lowest BCUT2D eigenvalue weighted by Gasteiger charge is -2.52. The lowest BCUT2D eigenvalue weighted by molar-refractivity contribution is -0.159. The van der Waals surface area contributed by atoms with Crippen molar-refractivity contribution in [2.45, 2.75) is 35.5 Å². The van der Waals surface area contributed by atoms with Crippen molar-refractivity contribution in [1.29, 1.82) is 0 Å². The van der Waals surface area contributed by atoms with Gasteiger partial charge in [-0.3, -0.25) is 4.79 Å². The zero-order valence-corrected chi connectivity index (χ0v) is 10.7.